The Labute approximate surface area is 186 Å². The molecule has 0 saturated heterocycles. The van der Waals surface area contributed by atoms with Gasteiger partial charge < -0.3 is 10.5 Å². The van der Waals surface area contributed by atoms with Crippen LogP contribution in [-0.4, -0.2) is 8.42 Å². The average molecular weight is 491 g/mol. The molecule has 0 atom stereocenters. The van der Waals surface area contributed by atoms with Gasteiger partial charge in [0.05, 0.1) is 16.3 Å². The molecule has 0 aliphatic heterocycles. The summed E-state index contributed by atoms with van der Waals surface area (Å²) in [6.07, 6.45) is -4.58. The molecule has 0 aliphatic carbocycles. The fourth-order valence-corrected chi connectivity index (χ4v) is 4.75. The summed E-state index contributed by atoms with van der Waals surface area (Å²) in [5.74, 6) is -0.258. The maximum Gasteiger partial charge on any atom is 0.419 e. The number of benzene rings is 3. The second-order valence-electron chi connectivity index (χ2n) is 6.37. The average Bonchev–Trinajstić information content (AvgIpc) is 2.65. The molecule has 3 rings (SSSR count). The molecule has 0 aromatic heterocycles. The zero-order valence-electron chi connectivity index (χ0n) is 15.6. The normalized spacial score (nSPS) is 12.0. The lowest BCUT2D eigenvalue weighted by molar-refractivity contribution is -0.138. The first-order valence-electron chi connectivity index (χ1n) is 8.64. The fourth-order valence-electron chi connectivity index (χ4n) is 2.75. The minimum absolute atomic E-state index is 0.109. The van der Waals surface area contributed by atoms with E-state index in [1.54, 1.807) is 6.07 Å². The zero-order valence-corrected chi connectivity index (χ0v) is 17.9. The number of para-hydroxylation sites is 1. The molecule has 0 bridgehead atoms. The van der Waals surface area contributed by atoms with Crippen LogP contribution in [0.2, 0.25) is 10.0 Å². The van der Waals surface area contributed by atoms with Crippen LogP contribution in [0, 0.1) is 0 Å². The molecule has 164 valence electrons. The Morgan fingerprint density at radius 2 is 1.71 bits per heavy atom. The second-order valence-corrected chi connectivity index (χ2v) is 8.92. The molecular formula is C20H15Cl2F3N2O3S. The van der Waals surface area contributed by atoms with E-state index in [-0.39, 0.29) is 38.7 Å². The van der Waals surface area contributed by atoms with Crippen molar-refractivity contribution in [2.24, 2.45) is 0 Å². The Kier molecular flexibility index (Phi) is 6.70. The molecular weight excluding hydrogens is 476 g/mol. The Morgan fingerprint density at radius 1 is 1.00 bits per heavy atom. The van der Waals surface area contributed by atoms with Crippen molar-refractivity contribution >= 4 is 38.9 Å². The summed E-state index contributed by atoms with van der Waals surface area (Å²) >= 11 is 11.8. The first-order valence-corrected chi connectivity index (χ1v) is 10.9. The lowest BCUT2D eigenvalue weighted by Crippen LogP contribution is -2.24. The summed E-state index contributed by atoms with van der Waals surface area (Å²) in [6.45, 7) is -0.182. The standard InChI is InChI=1S/C20H15Cl2F3N2O3S/c21-13-9-16(22)19(17(26)10-13)31(28,29)27-11-12-4-3-5-14(8-12)30-18-7-2-1-6-15(18)20(23,24)25/h1-10,27H,11,26H2. The minimum atomic E-state index is -4.58. The number of hydrogen-bond acceptors (Lipinski definition) is 4. The van der Waals surface area contributed by atoms with E-state index >= 15 is 0 Å². The highest BCUT2D eigenvalue weighted by molar-refractivity contribution is 7.89. The lowest BCUT2D eigenvalue weighted by Gasteiger charge is -2.14. The number of nitrogens with two attached hydrogens (primary N) is 1. The van der Waals surface area contributed by atoms with Crippen molar-refractivity contribution in [3.8, 4) is 11.5 Å². The number of alkyl halides is 3. The fraction of sp³-hybridized carbons (Fsp3) is 0.100. The molecule has 3 N–H and O–H groups in total. The van der Waals surface area contributed by atoms with Gasteiger partial charge in [-0.3, -0.25) is 0 Å². The highest BCUT2D eigenvalue weighted by atomic mass is 35.5. The van der Waals surface area contributed by atoms with Crippen LogP contribution in [-0.2, 0) is 22.7 Å². The summed E-state index contributed by atoms with van der Waals surface area (Å²) in [5.41, 5.74) is 5.13. The summed E-state index contributed by atoms with van der Waals surface area (Å²) in [5, 5.41) is 0.0452. The van der Waals surface area contributed by atoms with Crippen LogP contribution in [0.5, 0.6) is 11.5 Å². The van der Waals surface area contributed by atoms with Crippen LogP contribution in [0.3, 0.4) is 0 Å². The Balaban J connectivity index is 1.80. The number of nitrogen functional groups attached to an aromatic ring is 1. The van der Waals surface area contributed by atoms with Crippen molar-refractivity contribution < 1.29 is 26.3 Å². The van der Waals surface area contributed by atoms with Crippen LogP contribution in [0.25, 0.3) is 0 Å². The van der Waals surface area contributed by atoms with Gasteiger partial charge in [-0.25, -0.2) is 13.1 Å². The summed E-state index contributed by atoms with van der Waals surface area (Å²) in [6, 6.07) is 13.3. The molecule has 11 heteroatoms. The van der Waals surface area contributed by atoms with Gasteiger partial charge in [-0.15, -0.1) is 0 Å². The molecule has 0 fully saturated rings. The topological polar surface area (TPSA) is 81.4 Å². The van der Waals surface area contributed by atoms with Gasteiger partial charge in [-0.1, -0.05) is 47.5 Å². The molecule has 0 heterocycles. The van der Waals surface area contributed by atoms with E-state index < -0.39 is 21.8 Å². The smallest absolute Gasteiger partial charge is 0.419 e. The third-order valence-electron chi connectivity index (χ3n) is 4.09. The number of sulfonamides is 1. The highest BCUT2D eigenvalue weighted by Gasteiger charge is 2.34. The Morgan fingerprint density at radius 3 is 2.39 bits per heavy atom. The van der Waals surface area contributed by atoms with E-state index in [1.807, 2.05) is 0 Å². The van der Waals surface area contributed by atoms with Gasteiger partial charge in [0.25, 0.3) is 0 Å². The van der Waals surface area contributed by atoms with Crippen LogP contribution >= 0.6 is 23.2 Å². The predicted molar refractivity (Wildman–Crippen MR) is 113 cm³/mol. The van der Waals surface area contributed by atoms with Gasteiger partial charge in [0.1, 0.15) is 16.4 Å². The molecule has 3 aromatic carbocycles. The van der Waals surface area contributed by atoms with Crippen molar-refractivity contribution in [2.45, 2.75) is 17.6 Å². The van der Waals surface area contributed by atoms with Crippen LogP contribution in [0.4, 0.5) is 18.9 Å². The van der Waals surface area contributed by atoms with Crippen molar-refractivity contribution in [2.75, 3.05) is 5.73 Å². The highest BCUT2D eigenvalue weighted by Crippen LogP contribution is 2.38. The third-order valence-corrected chi connectivity index (χ3v) is 6.24. The number of halogens is 5. The lowest BCUT2D eigenvalue weighted by atomic mass is 10.2. The molecule has 3 aromatic rings. The number of hydrogen-bond donors (Lipinski definition) is 2. The minimum Gasteiger partial charge on any atom is -0.457 e. The first-order chi connectivity index (χ1) is 14.5. The third kappa shape index (κ3) is 5.62. The summed E-state index contributed by atoms with van der Waals surface area (Å²) in [4.78, 5) is -0.315. The molecule has 5 nitrogen and oxygen atoms in total. The van der Waals surface area contributed by atoms with E-state index in [9.17, 15) is 21.6 Å². The summed E-state index contributed by atoms with van der Waals surface area (Å²) < 4.78 is 72.4. The van der Waals surface area contributed by atoms with Gasteiger partial charge in [0.2, 0.25) is 10.0 Å². The predicted octanol–water partition coefficient (Wildman–Crippen LogP) is 5.87. The maximum absolute atomic E-state index is 13.1. The van der Waals surface area contributed by atoms with E-state index in [2.05, 4.69) is 4.72 Å². The van der Waals surface area contributed by atoms with Gasteiger partial charge in [0, 0.05) is 11.6 Å². The van der Waals surface area contributed by atoms with E-state index in [0.717, 1.165) is 6.07 Å². The van der Waals surface area contributed by atoms with Crippen molar-refractivity contribution in [3.63, 3.8) is 0 Å². The number of nitrogens with one attached hydrogen (secondary N) is 1. The molecule has 0 amide bonds. The van der Waals surface area contributed by atoms with Gasteiger partial charge >= 0.3 is 6.18 Å². The number of rotatable bonds is 6. The SMILES string of the molecule is Nc1cc(Cl)cc(Cl)c1S(=O)(=O)NCc1cccc(Oc2ccccc2C(F)(F)F)c1. The van der Waals surface area contributed by atoms with E-state index in [1.165, 1.54) is 48.5 Å². The van der Waals surface area contributed by atoms with Gasteiger partial charge in [-0.2, -0.15) is 13.2 Å². The molecule has 0 spiro atoms. The molecule has 0 unspecified atom stereocenters. The number of anilines is 1. The maximum atomic E-state index is 13.1. The van der Waals surface area contributed by atoms with Crippen LogP contribution in [0.15, 0.2) is 65.6 Å². The molecule has 0 aliphatic rings. The van der Waals surface area contributed by atoms with Crippen molar-refractivity contribution in [1.82, 2.24) is 4.72 Å². The summed E-state index contributed by atoms with van der Waals surface area (Å²) in [7, 11) is -4.09. The molecule has 31 heavy (non-hydrogen) atoms. The van der Waals surface area contributed by atoms with E-state index in [4.69, 9.17) is 33.7 Å². The van der Waals surface area contributed by atoms with Crippen molar-refractivity contribution in [3.05, 3.63) is 81.8 Å². The first kappa shape index (κ1) is 23.2. The Hall–Kier alpha value is -2.46. The largest absolute Gasteiger partial charge is 0.457 e. The quantitative estimate of drug-likeness (QED) is 0.423. The number of ether oxygens (including phenoxy) is 1. The van der Waals surface area contributed by atoms with Crippen LogP contribution in [0.1, 0.15) is 11.1 Å². The Bertz CT molecular complexity index is 1200. The van der Waals surface area contributed by atoms with Gasteiger partial charge in [0.15, 0.2) is 0 Å². The second kappa shape index (κ2) is 8.96. The molecule has 0 saturated carbocycles. The zero-order chi connectivity index (χ0) is 22.8. The van der Waals surface area contributed by atoms with Crippen LogP contribution < -0.4 is 15.2 Å². The van der Waals surface area contributed by atoms with Crippen molar-refractivity contribution in [1.29, 1.82) is 0 Å². The molecule has 0 radical (unpaired) electrons. The van der Waals surface area contributed by atoms with E-state index in [0.29, 0.717) is 5.56 Å². The monoisotopic (exact) mass is 490 g/mol. The van der Waals surface area contributed by atoms with Gasteiger partial charge in [-0.05, 0) is 42.0 Å².